The number of nitrogens with zero attached hydrogens (tertiary/aromatic N) is 5. The quantitative estimate of drug-likeness (QED) is 0.191. The molecule has 3 aliphatic rings. The van der Waals surface area contributed by atoms with Gasteiger partial charge in [-0.3, -0.25) is 14.5 Å². The number of anilines is 1. The molecule has 1 atom stereocenters. The summed E-state index contributed by atoms with van der Waals surface area (Å²) in [5, 5.41) is 3.51. The number of nitrogens with one attached hydrogen (secondary N) is 1. The lowest BCUT2D eigenvalue weighted by molar-refractivity contribution is 0.0536. The maximum Gasteiger partial charge on any atom is 0.259 e. The van der Waals surface area contributed by atoms with Crippen LogP contribution in [0.1, 0.15) is 54.2 Å². The van der Waals surface area contributed by atoms with E-state index in [4.69, 9.17) is 4.74 Å². The van der Waals surface area contributed by atoms with Gasteiger partial charge in [-0.15, -0.1) is 0 Å². The first-order valence-corrected chi connectivity index (χ1v) is 19.6. The molecule has 55 heavy (non-hydrogen) atoms. The Morgan fingerprint density at radius 2 is 1.55 bits per heavy atom. The van der Waals surface area contributed by atoms with Gasteiger partial charge in [0.1, 0.15) is 12.4 Å². The van der Waals surface area contributed by atoms with Crippen molar-refractivity contribution >= 4 is 17.5 Å². The number of benzene rings is 4. The lowest BCUT2D eigenvalue weighted by Crippen LogP contribution is -2.53. The van der Waals surface area contributed by atoms with Gasteiger partial charge in [0.25, 0.3) is 11.8 Å². The van der Waals surface area contributed by atoms with Crippen LogP contribution in [0.2, 0.25) is 0 Å². The summed E-state index contributed by atoms with van der Waals surface area (Å²) in [6, 6.07) is 32.7. The van der Waals surface area contributed by atoms with Crippen LogP contribution in [0.5, 0.6) is 5.75 Å². The van der Waals surface area contributed by atoms with Crippen LogP contribution in [0.3, 0.4) is 0 Å². The Balaban J connectivity index is 1.10. The number of hydrogen-bond donors (Lipinski definition) is 1. The van der Waals surface area contributed by atoms with Gasteiger partial charge in [-0.1, -0.05) is 54.6 Å². The lowest BCUT2D eigenvalue weighted by Gasteiger charge is -2.42. The van der Waals surface area contributed by atoms with Crippen LogP contribution in [-0.2, 0) is 39.6 Å². The molecule has 0 radical (unpaired) electrons. The van der Waals surface area contributed by atoms with Crippen molar-refractivity contribution in [3.05, 3.63) is 142 Å². The molecular formula is C46H52N6O3. The molecule has 4 aromatic carbocycles. The third-order valence-electron chi connectivity index (χ3n) is 12.0. The highest BCUT2D eigenvalue weighted by atomic mass is 16.5. The number of rotatable bonds is 9. The third-order valence-corrected chi connectivity index (χ3v) is 12.0. The van der Waals surface area contributed by atoms with Crippen molar-refractivity contribution in [2.24, 2.45) is 7.05 Å². The van der Waals surface area contributed by atoms with Gasteiger partial charge in [0.15, 0.2) is 0 Å². The van der Waals surface area contributed by atoms with Gasteiger partial charge < -0.3 is 29.3 Å². The van der Waals surface area contributed by atoms with Crippen LogP contribution < -0.4 is 15.0 Å². The summed E-state index contributed by atoms with van der Waals surface area (Å²) in [5.41, 5.74) is 10.8. The van der Waals surface area contributed by atoms with Gasteiger partial charge in [-0.05, 0) is 104 Å². The fraction of sp³-hybridized carbons (Fsp3) is 0.348. The van der Waals surface area contributed by atoms with E-state index in [1.807, 2.05) is 81.7 Å². The normalized spacial score (nSPS) is 17.4. The molecule has 1 N–H and O–H groups in total. The van der Waals surface area contributed by atoms with Gasteiger partial charge in [0.05, 0.1) is 5.56 Å². The van der Waals surface area contributed by atoms with Crippen molar-refractivity contribution in [3.63, 3.8) is 0 Å². The molecule has 0 bridgehead atoms. The van der Waals surface area contributed by atoms with Crippen LogP contribution in [-0.4, -0.2) is 90.5 Å². The second kappa shape index (κ2) is 15.9. The first-order valence-electron chi connectivity index (χ1n) is 19.6. The number of hydrogen-bond acceptors (Lipinski definition) is 6. The summed E-state index contributed by atoms with van der Waals surface area (Å²) in [5.74, 6) is 0.692. The second-order valence-electron chi connectivity index (χ2n) is 15.5. The molecule has 8 rings (SSSR count). The molecule has 0 aliphatic carbocycles. The Labute approximate surface area is 325 Å². The lowest BCUT2D eigenvalue weighted by atomic mass is 9.89. The Kier molecular flexibility index (Phi) is 10.6. The zero-order valence-electron chi connectivity index (χ0n) is 32.6. The summed E-state index contributed by atoms with van der Waals surface area (Å²) >= 11 is 0. The van der Waals surface area contributed by atoms with Crippen LogP contribution in [0.25, 0.3) is 11.3 Å². The van der Waals surface area contributed by atoms with E-state index in [0.29, 0.717) is 24.3 Å². The summed E-state index contributed by atoms with van der Waals surface area (Å²) in [6.07, 6.45) is 1.73. The van der Waals surface area contributed by atoms with E-state index in [1.165, 1.54) is 22.3 Å². The molecule has 0 saturated carbocycles. The molecule has 5 aromatic rings. The number of piperazine rings is 1. The second-order valence-corrected chi connectivity index (χ2v) is 15.5. The standard InChI is InChI=1S/C46H52N6O3/c1-32-41(45(53)50(4)38-14-16-40(17-15-38)55-31-33-10-6-5-7-11-33)27-44(49(32)3)42-25-35-18-19-47-28-37(35)26-43(42)46(54)52-29-36-13-9-8-12-34(36)24-39(52)30-51-22-20-48(2)21-23-51/h5-17,25-27,39,47H,18-24,28-31H2,1-4H3/t39-/m0/s1. The summed E-state index contributed by atoms with van der Waals surface area (Å²) in [4.78, 5) is 38.1. The Morgan fingerprint density at radius 3 is 2.31 bits per heavy atom. The smallest absolute Gasteiger partial charge is 0.259 e. The number of likely N-dealkylation sites (N-methyl/N-ethyl adjacent to an activating group) is 1. The molecule has 4 heterocycles. The zero-order valence-corrected chi connectivity index (χ0v) is 32.6. The Morgan fingerprint density at radius 1 is 0.818 bits per heavy atom. The molecule has 9 nitrogen and oxygen atoms in total. The van der Waals surface area contributed by atoms with Gasteiger partial charge in [-0.25, -0.2) is 0 Å². The molecule has 284 valence electrons. The van der Waals surface area contributed by atoms with Crippen molar-refractivity contribution in [1.82, 2.24) is 24.6 Å². The Hall–Kier alpha value is -5.22. The highest BCUT2D eigenvalue weighted by Crippen LogP contribution is 2.35. The monoisotopic (exact) mass is 736 g/mol. The average Bonchev–Trinajstić information content (AvgIpc) is 3.52. The van der Waals surface area contributed by atoms with Crippen LogP contribution in [0.4, 0.5) is 5.69 Å². The van der Waals surface area contributed by atoms with Crippen LogP contribution in [0, 0.1) is 6.92 Å². The summed E-state index contributed by atoms with van der Waals surface area (Å²) < 4.78 is 8.07. The minimum absolute atomic E-state index is 0.0513. The van der Waals surface area contributed by atoms with Crippen molar-refractivity contribution < 1.29 is 14.3 Å². The van der Waals surface area contributed by atoms with E-state index in [1.54, 1.807) is 4.90 Å². The molecular weight excluding hydrogens is 685 g/mol. The molecule has 1 fully saturated rings. The fourth-order valence-electron chi connectivity index (χ4n) is 8.37. The average molecular weight is 737 g/mol. The van der Waals surface area contributed by atoms with Gasteiger partial charge >= 0.3 is 0 Å². The molecule has 9 heteroatoms. The molecule has 0 unspecified atom stereocenters. The first kappa shape index (κ1) is 36.7. The van der Waals surface area contributed by atoms with Gasteiger partial charge in [0, 0.05) is 94.2 Å². The van der Waals surface area contributed by atoms with E-state index in [0.717, 1.165) is 92.6 Å². The molecule has 3 aliphatic heterocycles. The van der Waals surface area contributed by atoms with Crippen LogP contribution >= 0.6 is 0 Å². The van der Waals surface area contributed by atoms with E-state index < -0.39 is 0 Å². The topological polar surface area (TPSA) is 73.3 Å². The summed E-state index contributed by atoms with van der Waals surface area (Å²) in [6.45, 7) is 9.62. The number of fused-ring (bicyclic) bond motifs is 2. The number of carbonyl (C=O) groups is 2. The third kappa shape index (κ3) is 7.70. The predicted octanol–water partition coefficient (Wildman–Crippen LogP) is 6.32. The molecule has 0 spiro atoms. The number of ether oxygens (including phenoxy) is 1. The SMILES string of the molecule is Cc1c(C(=O)N(C)c2ccc(OCc3ccccc3)cc2)cc(-c2cc3c(cc2C(=O)N2Cc4ccccc4C[C@H]2CN2CCN(C)CC2)CNCC3)n1C. The van der Waals surface area contributed by atoms with E-state index in [9.17, 15) is 4.79 Å². The van der Waals surface area contributed by atoms with Gasteiger partial charge in [-0.2, -0.15) is 0 Å². The van der Waals surface area contributed by atoms with E-state index in [-0.39, 0.29) is 17.9 Å². The number of carbonyl (C=O) groups excluding carboxylic acids is 2. The Bertz CT molecular complexity index is 2170. The van der Waals surface area contributed by atoms with Crippen LogP contribution in [0.15, 0.2) is 97.1 Å². The van der Waals surface area contributed by atoms with Gasteiger partial charge in [0.2, 0.25) is 0 Å². The molecule has 1 saturated heterocycles. The molecule has 1 aromatic heterocycles. The minimum atomic E-state index is -0.104. The van der Waals surface area contributed by atoms with Crippen molar-refractivity contribution in [1.29, 1.82) is 0 Å². The minimum Gasteiger partial charge on any atom is -0.489 e. The number of aromatic nitrogens is 1. The van der Waals surface area contributed by atoms with Crippen molar-refractivity contribution in [3.8, 4) is 17.0 Å². The van der Waals surface area contributed by atoms with Crippen molar-refractivity contribution in [2.75, 3.05) is 58.3 Å². The predicted molar refractivity (Wildman–Crippen MR) is 219 cm³/mol. The highest BCUT2D eigenvalue weighted by molar-refractivity contribution is 6.08. The molecule has 2 amide bonds. The number of amides is 2. The highest BCUT2D eigenvalue weighted by Gasteiger charge is 2.34. The largest absolute Gasteiger partial charge is 0.489 e. The first-order chi connectivity index (χ1) is 26.7. The fourth-order valence-corrected chi connectivity index (χ4v) is 8.37. The maximum atomic E-state index is 15.2. The maximum absolute atomic E-state index is 15.2. The van der Waals surface area contributed by atoms with E-state index in [2.05, 4.69) is 68.0 Å². The van der Waals surface area contributed by atoms with Crippen molar-refractivity contribution in [2.45, 2.75) is 45.5 Å². The summed E-state index contributed by atoms with van der Waals surface area (Å²) in [7, 11) is 5.99. The van der Waals surface area contributed by atoms with E-state index >= 15 is 4.79 Å². The zero-order chi connectivity index (χ0) is 38.1.